The molecule has 1 aromatic rings. The van der Waals surface area contributed by atoms with Crippen LogP contribution in [0.2, 0.25) is 0 Å². The van der Waals surface area contributed by atoms with Crippen molar-refractivity contribution in [2.45, 2.75) is 0 Å². The molecular formula is C8H10N2O2. The number of methoxy groups -OCH3 is 2. The van der Waals surface area contributed by atoms with Gasteiger partial charge in [0.05, 0.1) is 14.2 Å². The summed E-state index contributed by atoms with van der Waals surface area (Å²) in [6.07, 6.45) is 0. The number of rotatable bonds is 2. The van der Waals surface area contributed by atoms with E-state index in [4.69, 9.17) is 20.3 Å². The molecule has 64 valence electrons. The number of hydrogen-bond donors (Lipinski definition) is 0. The van der Waals surface area contributed by atoms with Crippen molar-refractivity contribution < 1.29 is 9.47 Å². The van der Waals surface area contributed by atoms with E-state index in [9.17, 15) is 0 Å². The van der Waals surface area contributed by atoms with Crippen molar-refractivity contribution in [3.8, 4) is 11.5 Å². The van der Waals surface area contributed by atoms with E-state index in [1.807, 2.05) is 24.3 Å². The molecule has 1 aromatic carbocycles. The van der Waals surface area contributed by atoms with Crippen LogP contribution in [0.5, 0.6) is 11.5 Å². The second-order valence-corrected chi connectivity index (χ2v) is 1.85. The first-order chi connectivity index (χ1) is 5.88. The minimum absolute atomic E-state index is 0.769. The summed E-state index contributed by atoms with van der Waals surface area (Å²) in [5.74, 6) is 1.54. The van der Waals surface area contributed by atoms with Crippen LogP contribution in [-0.2, 0) is 0 Å². The van der Waals surface area contributed by atoms with Crippen LogP contribution < -0.4 is 9.47 Å². The summed E-state index contributed by atoms with van der Waals surface area (Å²) in [5.41, 5.74) is 0. The Labute approximate surface area is 71.1 Å². The van der Waals surface area contributed by atoms with Gasteiger partial charge < -0.3 is 9.47 Å². The molecule has 0 radical (unpaired) electrons. The van der Waals surface area contributed by atoms with Crippen LogP contribution in [0.15, 0.2) is 24.3 Å². The van der Waals surface area contributed by atoms with Crippen molar-refractivity contribution in [3.63, 3.8) is 0 Å². The van der Waals surface area contributed by atoms with Gasteiger partial charge in [0.2, 0.25) is 0 Å². The Balaban J connectivity index is 0.000000561. The number of benzene rings is 1. The summed E-state index contributed by atoms with van der Waals surface area (Å²) < 4.78 is 10.0. The highest BCUT2D eigenvalue weighted by Gasteiger charge is 1.97. The van der Waals surface area contributed by atoms with Gasteiger partial charge in [0.15, 0.2) is 11.5 Å². The fraction of sp³-hybridized carbons (Fsp3) is 0.250. The van der Waals surface area contributed by atoms with Crippen LogP contribution in [0.3, 0.4) is 0 Å². The van der Waals surface area contributed by atoms with E-state index in [0.29, 0.717) is 0 Å². The average molecular weight is 166 g/mol. The first-order valence-electron chi connectivity index (χ1n) is 3.25. The van der Waals surface area contributed by atoms with Gasteiger partial charge in [-0.2, -0.15) is 0 Å². The molecule has 0 amide bonds. The predicted octanol–water partition coefficient (Wildman–Crippen LogP) is 1.73. The molecular weight excluding hydrogens is 156 g/mol. The molecule has 12 heavy (non-hydrogen) atoms. The van der Waals surface area contributed by atoms with E-state index >= 15 is 0 Å². The van der Waals surface area contributed by atoms with Crippen molar-refractivity contribution in [3.05, 3.63) is 24.3 Å². The molecule has 0 spiro atoms. The van der Waals surface area contributed by atoms with E-state index in [-0.39, 0.29) is 0 Å². The Hall–Kier alpha value is -1.76. The van der Waals surface area contributed by atoms with Crippen LogP contribution >= 0.6 is 0 Å². The molecule has 0 aliphatic rings. The second-order valence-electron chi connectivity index (χ2n) is 1.85. The topological polar surface area (TPSA) is 66.0 Å². The minimum Gasteiger partial charge on any atom is -0.493 e. The third kappa shape index (κ3) is 2.46. The Morgan fingerprint density at radius 3 is 1.50 bits per heavy atom. The van der Waals surface area contributed by atoms with Crippen molar-refractivity contribution in [2.75, 3.05) is 14.2 Å². The fourth-order valence-corrected chi connectivity index (χ4v) is 0.787. The molecule has 0 aromatic heterocycles. The summed E-state index contributed by atoms with van der Waals surface area (Å²) in [6.45, 7) is 0. The summed E-state index contributed by atoms with van der Waals surface area (Å²) in [5, 5.41) is 12.0. The normalized spacial score (nSPS) is 7.67. The molecule has 4 heteroatoms. The highest BCUT2D eigenvalue weighted by atomic mass is 16.5. The lowest BCUT2D eigenvalue weighted by molar-refractivity contribution is 0.355. The maximum Gasteiger partial charge on any atom is 0.160 e. The second kappa shape index (κ2) is 5.98. The van der Waals surface area contributed by atoms with Gasteiger partial charge in [0.25, 0.3) is 0 Å². The molecule has 0 saturated heterocycles. The quantitative estimate of drug-likeness (QED) is 0.627. The van der Waals surface area contributed by atoms with E-state index in [0.717, 1.165) is 11.5 Å². The molecule has 0 atom stereocenters. The molecule has 0 heterocycles. The van der Waals surface area contributed by atoms with E-state index < -0.39 is 0 Å². The Morgan fingerprint density at radius 1 is 0.917 bits per heavy atom. The van der Waals surface area contributed by atoms with Crippen LogP contribution in [0, 0.1) is 10.8 Å². The molecule has 4 nitrogen and oxygen atoms in total. The number of hydrogen-bond acceptors (Lipinski definition) is 4. The number of para-hydroxylation sites is 2. The Kier molecular flexibility index (Phi) is 5.11. The van der Waals surface area contributed by atoms with Crippen LogP contribution in [0.4, 0.5) is 0 Å². The molecule has 0 saturated carbocycles. The third-order valence-electron chi connectivity index (χ3n) is 1.29. The number of nitrogens with zero attached hydrogens (tertiary/aromatic N) is 2. The standard InChI is InChI=1S/C8H10O2.N2/c1-9-7-5-3-4-6-8(7)10-2;1-2/h3-6H,1-2H3;. The van der Waals surface area contributed by atoms with Crippen molar-refractivity contribution in [1.29, 1.82) is 10.8 Å². The Bertz CT molecular complexity index is 225. The van der Waals surface area contributed by atoms with Crippen LogP contribution in [0.1, 0.15) is 0 Å². The lowest BCUT2D eigenvalue weighted by Gasteiger charge is -2.04. The van der Waals surface area contributed by atoms with Gasteiger partial charge in [-0.15, -0.1) is 0 Å². The highest BCUT2D eigenvalue weighted by Crippen LogP contribution is 2.24. The molecule has 0 aliphatic heterocycles. The highest BCUT2D eigenvalue weighted by molar-refractivity contribution is 5.38. The molecule has 0 N–H and O–H groups in total. The number of ether oxygens (including phenoxy) is 2. The van der Waals surface area contributed by atoms with Gasteiger partial charge in [-0.3, -0.25) is 0 Å². The first-order valence-corrected chi connectivity index (χ1v) is 3.25. The van der Waals surface area contributed by atoms with Gasteiger partial charge >= 0.3 is 0 Å². The predicted molar refractivity (Wildman–Crippen MR) is 43.0 cm³/mol. The van der Waals surface area contributed by atoms with Crippen LogP contribution in [-0.4, -0.2) is 14.2 Å². The monoisotopic (exact) mass is 166 g/mol. The molecule has 0 aliphatic carbocycles. The van der Waals surface area contributed by atoms with Crippen molar-refractivity contribution in [2.24, 2.45) is 0 Å². The largest absolute Gasteiger partial charge is 0.493 e. The Morgan fingerprint density at radius 2 is 1.25 bits per heavy atom. The van der Waals surface area contributed by atoms with E-state index in [1.165, 1.54) is 0 Å². The van der Waals surface area contributed by atoms with Crippen LogP contribution in [0.25, 0.3) is 0 Å². The summed E-state index contributed by atoms with van der Waals surface area (Å²) in [4.78, 5) is 0. The van der Waals surface area contributed by atoms with Gasteiger partial charge in [-0.1, -0.05) is 12.1 Å². The molecule has 1 rings (SSSR count). The maximum atomic E-state index is 6.00. The molecule has 0 unspecified atom stereocenters. The molecule has 0 fully saturated rings. The molecule has 0 bridgehead atoms. The van der Waals surface area contributed by atoms with Gasteiger partial charge in [0.1, 0.15) is 0 Å². The van der Waals surface area contributed by atoms with Gasteiger partial charge in [0, 0.05) is 10.8 Å². The fourth-order valence-electron chi connectivity index (χ4n) is 0.787. The SMILES string of the molecule is COc1ccccc1OC.N#N. The van der Waals surface area contributed by atoms with Gasteiger partial charge in [-0.25, -0.2) is 0 Å². The minimum atomic E-state index is 0.769. The smallest absolute Gasteiger partial charge is 0.160 e. The summed E-state index contributed by atoms with van der Waals surface area (Å²) in [7, 11) is 3.25. The maximum absolute atomic E-state index is 6.00. The summed E-state index contributed by atoms with van der Waals surface area (Å²) >= 11 is 0. The van der Waals surface area contributed by atoms with Gasteiger partial charge in [-0.05, 0) is 12.1 Å². The van der Waals surface area contributed by atoms with E-state index in [2.05, 4.69) is 0 Å². The summed E-state index contributed by atoms with van der Waals surface area (Å²) in [6, 6.07) is 7.53. The zero-order valence-electron chi connectivity index (χ0n) is 7.02. The lowest BCUT2D eigenvalue weighted by Crippen LogP contribution is -1.88. The van der Waals surface area contributed by atoms with E-state index in [1.54, 1.807) is 14.2 Å². The van der Waals surface area contributed by atoms with Crippen molar-refractivity contribution >= 4 is 0 Å². The zero-order valence-corrected chi connectivity index (χ0v) is 7.02. The zero-order chi connectivity index (χ0) is 9.40. The average Bonchev–Trinajstić information content (AvgIpc) is 2.20. The van der Waals surface area contributed by atoms with Crippen molar-refractivity contribution in [1.82, 2.24) is 0 Å². The third-order valence-corrected chi connectivity index (χ3v) is 1.29. The lowest BCUT2D eigenvalue weighted by atomic mass is 10.3. The first kappa shape index (κ1) is 10.2.